The third-order valence-corrected chi connectivity index (χ3v) is 4.97. The molecule has 0 aliphatic heterocycles. The van der Waals surface area contributed by atoms with Crippen LogP contribution in [0.3, 0.4) is 0 Å². The molecular formula is C11H11ClFN3O2S2. The van der Waals surface area contributed by atoms with Gasteiger partial charge in [0.25, 0.3) is 10.0 Å². The summed E-state index contributed by atoms with van der Waals surface area (Å²) in [7, 11) is -2.24. The standard InChI is InChI=1S/C11H11ClFN3O2S2/c1-14-6-7-4-8(5-9(13)10(7)12)20(17,18)16-11-15-2-3-19-11/h2-5,14H,6H2,1H3,(H,15,16). The highest BCUT2D eigenvalue weighted by molar-refractivity contribution is 7.93. The van der Waals surface area contributed by atoms with E-state index in [4.69, 9.17) is 11.6 Å². The Labute approximate surface area is 124 Å². The molecule has 2 aromatic rings. The van der Waals surface area contributed by atoms with Gasteiger partial charge >= 0.3 is 0 Å². The van der Waals surface area contributed by atoms with Gasteiger partial charge in [0.2, 0.25) is 0 Å². The fraction of sp³-hybridized carbons (Fsp3) is 0.182. The van der Waals surface area contributed by atoms with Crippen molar-refractivity contribution in [1.29, 1.82) is 0 Å². The highest BCUT2D eigenvalue weighted by Crippen LogP contribution is 2.26. The lowest BCUT2D eigenvalue weighted by Gasteiger charge is -2.10. The Morgan fingerprint density at radius 3 is 2.80 bits per heavy atom. The van der Waals surface area contributed by atoms with E-state index in [0.717, 1.165) is 17.4 Å². The number of rotatable bonds is 5. The maximum absolute atomic E-state index is 13.7. The second kappa shape index (κ2) is 6.04. The third-order valence-electron chi connectivity index (χ3n) is 2.41. The molecule has 0 spiro atoms. The van der Waals surface area contributed by atoms with Crippen LogP contribution in [0.5, 0.6) is 0 Å². The van der Waals surface area contributed by atoms with E-state index in [1.807, 2.05) is 0 Å². The largest absolute Gasteiger partial charge is 0.316 e. The maximum atomic E-state index is 13.7. The Bertz CT molecular complexity index is 705. The molecule has 2 rings (SSSR count). The van der Waals surface area contributed by atoms with Crippen molar-refractivity contribution in [3.8, 4) is 0 Å². The van der Waals surface area contributed by atoms with Crippen molar-refractivity contribution in [3.63, 3.8) is 0 Å². The zero-order valence-electron chi connectivity index (χ0n) is 10.4. The van der Waals surface area contributed by atoms with Gasteiger partial charge in [0.1, 0.15) is 5.82 Å². The van der Waals surface area contributed by atoms with Crippen LogP contribution in [0.25, 0.3) is 0 Å². The lowest BCUT2D eigenvalue weighted by molar-refractivity contribution is 0.594. The van der Waals surface area contributed by atoms with Gasteiger partial charge in [0.15, 0.2) is 5.13 Å². The van der Waals surface area contributed by atoms with Crippen LogP contribution in [0.4, 0.5) is 9.52 Å². The van der Waals surface area contributed by atoms with Gasteiger partial charge in [-0.25, -0.2) is 17.8 Å². The first kappa shape index (κ1) is 15.2. The molecule has 1 heterocycles. The number of halogens is 2. The van der Waals surface area contributed by atoms with Crippen LogP contribution in [0, 0.1) is 5.82 Å². The van der Waals surface area contributed by atoms with Crippen LogP contribution in [-0.4, -0.2) is 20.4 Å². The van der Waals surface area contributed by atoms with Crippen molar-refractivity contribution < 1.29 is 12.8 Å². The molecule has 1 aromatic heterocycles. The summed E-state index contributed by atoms with van der Waals surface area (Å²) in [5.74, 6) is -0.779. The first-order chi connectivity index (χ1) is 9.44. The summed E-state index contributed by atoms with van der Waals surface area (Å²) < 4.78 is 40.3. The van der Waals surface area contributed by atoms with Gasteiger partial charge in [-0.3, -0.25) is 4.72 Å². The molecule has 0 saturated carbocycles. The summed E-state index contributed by atoms with van der Waals surface area (Å²) in [6.45, 7) is 0.260. The predicted octanol–water partition coefficient (Wildman–Crippen LogP) is 2.46. The molecule has 0 atom stereocenters. The van der Waals surface area contributed by atoms with Gasteiger partial charge in [0, 0.05) is 18.1 Å². The average molecular weight is 336 g/mol. The number of hydrogen-bond acceptors (Lipinski definition) is 5. The van der Waals surface area contributed by atoms with Crippen molar-refractivity contribution in [2.45, 2.75) is 11.4 Å². The molecule has 0 aliphatic rings. The number of nitrogens with zero attached hydrogens (tertiary/aromatic N) is 1. The number of sulfonamides is 1. The number of hydrogen-bond donors (Lipinski definition) is 2. The van der Waals surface area contributed by atoms with Gasteiger partial charge in [-0.2, -0.15) is 0 Å². The van der Waals surface area contributed by atoms with Gasteiger partial charge in [0.05, 0.1) is 9.92 Å². The minimum absolute atomic E-state index is 0.0902. The fourth-order valence-corrected chi connectivity index (χ4v) is 3.57. The maximum Gasteiger partial charge on any atom is 0.263 e. The minimum atomic E-state index is -3.89. The quantitative estimate of drug-likeness (QED) is 0.880. The first-order valence-corrected chi connectivity index (χ1v) is 8.23. The molecule has 5 nitrogen and oxygen atoms in total. The number of thiazole rings is 1. The number of anilines is 1. The zero-order valence-corrected chi connectivity index (χ0v) is 12.7. The molecule has 0 aliphatic carbocycles. The molecule has 108 valence electrons. The van der Waals surface area contributed by atoms with Gasteiger partial charge in [-0.1, -0.05) is 11.6 Å². The van der Waals surface area contributed by atoms with Gasteiger partial charge in [-0.15, -0.1) is 11.3 Å². The Balaban J connectivity index is 2.41. The van der Waals surface area contributed by atoms with Crippen LogP contribution in [0.2, 0.25) is 5.02 Å². The summed E-state index contributed by atoms with van der Waals surface area (Å²) in [5.41, 5.74) is 0.369. The van der Waals surface area contributed by atoms with E-state index < -0.39 is 15.8 Å². The highest BCUT2D eigenvalue weighted by Gasteiger charge is 2.19. The Morgan fingerprint density at radius 2 is 2.20 bits per heavy atom. The lowest BCUT2D eigenvalue weighted by atomic mass is 10.2. The fourth-order valence-electron chi connectivity index (χ4n) is 1.54. The summed E-state index contributed by atoms with van der Waals surface area (Å²) in [4.78, 5) is 3.63. The van der Waals surface area contributed by atoms with Crippen LogP contribution >= 0.6 is 22.9 Å². The van der Waals surface area contributed by atoms with Crippen LogP contribution < -0.4 is 10.0 Å². The minimum Gasteiger partial charge on any atom is -0.316 e. The second-order valence-corrected chi connectivity index (χ2v) is 6.81. The molecule has 1 aromatic carbocycles. The average Bonchev–Trinajstić information content (AvgIpc) is 2.87. The Morgan fingerprint density at radius 1 is 1.45 bits per heavy atom. The van der Waals surface area contributed by atoms with E-state index >= 15 is 0 Å². The number of benzene rings is 1. The molecule has 0 bridgehead atoms. The summed E-state index contributed by atoms with van der Waals surface area (Å²) in [5, 5.41) is 4.56. The monoisotopic (exact) mass is 335 g/mol. The van der Waals surface area contributed by atoms with Crippen molar-refractivity contribution in [1.82, 2.24) is 10.3 Å². The molecule has 0 amide bonds. The third kappa shape index (κ3) is 3.26. The normalized spacial score (nSPS) is 11.6. The van der Waals surface area contributed by atoms with Crippen LogP contribution in [-0.2, 0) is 16.6 Å². The van der Waals surface area contributed by atoms with E-state index in [0.29, 0.717) is 5.56 Å². The summed E-state index contributed by atoms with van der Waals surface area (Å²) in [6.07, 6.45) is 1.47. The SMILES string of the molecule is CNCc1cc(S(=O)(=O)Nc2nccs2)cc(F)c1Cl. The van der Waals surface area contributed by atoms with E-state index in [2.05, 4.69) is 15.0 Å². The van der Waals surface area contributed by atoms with Crippen molar-refractivity contribution in [2.75, 3.05) is 11.8 Å². The van der Waals surface area contributed by atoms with E-state index in [-0.39, 0.29) is 21.6 Å². The molecular weight excluding hydrogens is 325 g/mol. The van der Waals surface area contributed by atoms with Crippen molar-refractivity contribution in [2.24, 2.45) is 0 Å². The van der Waals surface area contributed by atoms with E-state index in [1.165, 1.54) is 12.3 Å². The zero-order chi connectivity index (χ0) is 14.8. The first-order valence-electron chi connectivity index (χ1n) is 5.49. The molecule has 0 fully saturated rings. The smallest absolute Gasteiger partial charge is 0.263 e. The molecule has 0 saturated heterocycles. The van der Waals surface area contributed by atoms with Gasteiger partial charge < -0.3 is 5.32 Å². The summed E-state index contributed by atoms with van der Waals surface area (Å²) in [6, 6.07) is 2.22. The van der Waals surface area contributed by atoms with Gasteiger partial charge in [-0.05, 0) is 24.7 Å². The Hall–Kier alpha value is -1.22. The Kier molecular flexibility index (Phi) is 4.59. The predicted molar refractivity (Wildman–Crippen MR) is 77.1 cm³/mol. The highest BCUT2D eigenvalue weighted by atomic mass is 35.5. The van der Waals surface area contributed by atoms with E-state index in [9.17, 15) is 12.8 Å². The van der Waals surface area contributed by atoms with Crippen molar-refractivity contribution in [3.05, 3.63) is 40.1 Å². The molecule has 0 unspecified atom stereocenters. The number of aromatic nitrogens is 1. The topological polar surface area (TPSA) is 71.1 Å². The molecule has 2 N–H and O–H groups in total. The molecule has 0 radical (unpaired) electrons. The van der Waals surface area contributed by atoms with E-state index in [1.54, 1.807) is 12.4 Å². The summed E-state index contributed by atoms with van der Waals surface area (Å²) >= 11 is 6.93. The second-order valence-electron chi connectivity index (χ2n) is 3.85. The number of nitrogens with one attached hydrogen (secondary N) is 2. The molecule has 20 heavy (non-hydrogen) atoms. The van der Waals surface area contributed by atoms with Crippen LogP contribution in [0.1, 0.15) is 5.56 Å². The molecule has 9 heteroatoms. The van der Waals surface area contributed by atoms with Crippen molar-refractivity contribution >= 4 is 38.1 Å². The van der Waals surface area contributed by atoms with Crippen LogP contribution in [0.15, 0.2) is 28.6 Å². The lowest BCUT2D eigenvalue weighted by Crippen LogP contribution is -2.15.